The van der Waals surface area contributed by atoms with Crippen molar-refractivity contribution in [2.24, 2.45) is 0 Å². The number of hydrogen-bond donors (Lipinski definition) is 4. The standard InChI is InChI=1S/2C13H8NO.2C10H13NO2.C2H6.CH2O3.2CH4O.2Ir.2Na.H/c2*1-2-6-10(7-3-1)13-11-8-4-5-9-12(11)15-14-13;2*1-5-6(2)8(4)11-9(7(5)3)10(12)13;1-2;2-1-4-3;2*1-2;;;;;/h2*1-6,8-9H;2*1-4H3,(H,12,13);1-2H3;1,3H;2*2H,1H3;;;;;/q2*-1;;;;;;;;;2*+1;-1/p-1/i;;;;1D;;;;;;;;. The summed E-state index contributed by atoms with van der Waals surface area (Å²) in [5.41, 5.74) is 12.9. The molecule has 15 nitrogen and oxygen atoms in total. The van der Waals surface area contributed by atoms with Crippen LogP contribution in [0.15, 0.2) is 106 Å². The molecule has 0 atom stereocenters. The second-order valence-corrected chi connectivity index (χ2v) is 13.3. The molecule has 4 N–H and O–H groups in total. The zero-order valence-corrected chi connectivity index (χ0v) is 50.4. The zero-order chi connectivity index (χ0) is 50.6. The number of para-hydroxylation sites is 2. The Labute approximate surface area is 483 Å². The number of aromatic carboxylic acids is 2. The van der Waals surface area contributed by atoms with Gasteiger partial charge >= 0.3 is 71.1 Å². The Bertz CT molecular complexity index is 2590. The molecule has 0 aliphatic heterocycles. The molecule has 0 amide bonds. The van der Waals surface area contributed by atoms with Gasteiger partial charge in [0.2, 0.25) is 0 Å². The Hall–Kier alpha value is -4.29. The van der Waals surface area contributed by atoms with Crippen molar-refractivity contribution in [1.29, 1.82) is 0 Å². The number of hydrogen-bond acceptors (Lipinski definition) is 13. The van der Waals surface area contributed by atoms with Crippen LogP contribution in [0.2, 0.25) is 0 Å². The fraction of sp³-hybridized carbons (Fsp3) is 0.235. The Balaban J connectivity index is -0.000000254. The number of pyridine rings is 2. The summed E-state index contributed by atoms with van der Waals surface area (Å²) in [6.45, 7) is 17.1. The summed E-state index contributed by atoms with van der Waals surface area (Å²) >= 11 is 0. The average Bonchev–Trinajstić information content (AvgIpc) is 4.00. The largest absolute Gasteiger partial charge is 1.00 e. The summed E-state index contributed by atoms with van der Waals surface area (Å²) in [6, 6.07) is 37.4. The Kier molecular flexibility index (Phi) is 39.3. The van der Waals surface area contributed by atoms with E-state index in [0.29, 0.717) is 6.90 Å². The van der Waals surface area contributed by atoms with Gasteiger partial charge in [-0.3, -0.25) is 4.79 Å². The van der Waals surface area contributed by atoms with Gasteiger partial charge in [-0.25, -0.2) is 19.6 Å². The molecule has 370 valence electrons. The predicted molar refractivity (Wildman–Crippen MR) is 253 cm³/mol. The Morgan fingerprint density at radius 1 is 0.600 bits per heavy atom. The number of carbonyl (C=O) groups is 3. The van der Waals surface area contributed by atoms with Gasteiger partial charge in [-0.05, 0) is 101 Å². The average molecular weight is 1330 g/mol. The third-order valence-corrected chi connectivity index (χ3v) is 9.73. The van der Waals surface area contributed by atoms with E-state index in [1.54, 1.807) is 20.8 Å². The second kappa shape index (κ2) is 39.3. The number of aromatic nitrogens is 4. The van der Waals surface area contributed by atoms with Crippen molar-refractivity contribution >= 4 is 40.3 Å². The third kappa shape index (κ3) is 21.2. The Morgan fingerprint density at radius 3 is 1.17 bits per heavy atom. The molecule has 70 heavy (non-hydrogen) atoms. The first-order chi connectivity index (χ1) is 32.1. The quantitative estimate of drug-likeness (QED) is 0.0635. The first-order valence-corrected chi connectivity index (χ1v) is 20.0. The summed E-state index contributed by atoms with van der Waals surface area (Å²) in [5, 5.41) is 50.3. The molecule has 0 saturated carbocycles. The second-order valence-electron chi connectivity index (χ2n) is 13.3. The van der Waals surface area contributed by atoms with Crippen molar-refractivity contribution in [1.82, 2.24) is 20.3 Å². The van der Waals surface area contributed by atoms with Gasteiger partial charge in [-0.2, -0.15) is 0 Å². The number of aryl methyl sites for hydroxylation is 2. The van der Waals surface area contributed by atoms with E-state index in [0.717, 1.165) is 103 Å². The van der Waals surface area contributed by atoms with E-state index in [1.807, 2.05) is 139 Å². The van der Waals surface area contributed by atoms with Crippen LogP contribution < -0.4 is 64.4 Å². The molecule has 0 saturated heterocycles. The molecule has 4 heterocycles. The normalized spacial score (nSPS) is 9.09. The first kappa shape index (κ1) is 70.0. The topological polar surface area (TPSA) is 242 Å². The summed E-state index contributed by atoms with van der Waals surface area (Å²) in [5.74, 6) is -1.91. The summed E-state index contributed by atoms with van der Waals surface area (Å²) in [4.78, 5) is 40.9. The monoisotopic (exact) mass is 1340 g/mol. The SMILES string of the molecule is CO.CO.Cc1nc(C(=O)O)c(C)c(C)c1C.Cc1nc(C(=O)O)c(C)c(C)c1C.O=CO[O-].[2H]CC.[H-].[Ir].[Ir].[Na+].[Na+].[c-]1ccccc1-c1noc2ccccc12.[c-]1ccccc1-c1noc2ccccc12. The van der Waals surface area contributed by atoms with Gasteiger partial charge in [-0.15, -0.1) is 82.1 Å². The zero-order valence-electron chi connectivity index (χ0n) is 43.6. The van der Waals surface area contributed by atoms with Crippen LogP contribution >= 0.6 is 0 Å². The van der Waals surface area contributed by atoms with Gasteiger partial charge in [0, 0.05) is 89.3 Å². The molecular formula is C51H58Ir2N4Na2O11-2. The molecule has 4 aromatic carbocycles. The molecular weight excluding hydrogens is 1270 g/mol. The molecule has 0 aliphatic rings. The van der Waals surface area contributed by atoms with Crippen LogP contribution in [0.1, 0.15) is 82.4 Å². The molecule has 0 bridgehead atoms. The van der Waals surface area contributed by atoms with Crippen molar-refractivity contribution in [2.75, 3.05) is 14.2 Å². The molecule has 0 unspecified atom stereocenters. The summed E-state index contributed by atoms with van der Waals surface area (Å²) in [7, 11) is 2.00. The number of carboxylic acids is 2. The number of rotatable bonds is 5. The first-order valence-electron chi connectivity index (χ1n) is 20.7. The van der Waals surface area contributed by atoms with Gasteiger partial charge in [-0.1, -0.05) is 50.2 Å². The number of aliphatic hydroxyl groups excluding tert-OH is 2. The fourth-order valence-corrected chi connectivity index (χ4v) is 5.79. The van der Waals surface area contributed by atoms with Crippen molar-refractivity contribution < 1.29 is 156 Å². The molecule has 2 radical (unpaired) electrons. The minimum Gasteiger partial charge on any atom is -1.00 e. The maximum absolute atomic E-state index is 10.8. The van der Waals surface area contributed by atoms with Gasteiger partial charge < -0.3 is 41.0 Å². The molecule has 0 fully saturated rings. The molecule has 8 aromatic rings. The smallest absolute Gasteiger partial charge is 1.00 e. The van der Waals surface area contributed by atoms with Crippen LogP contribution in [0.25, 0.3) is 44.5 Å². The van der Waals surface area contributed by atoms with Crippen LogP contribution in [0.5, 0.6) is 0 Å². The van der Waals surface area contributed by atoms with Crippen LogP contribution in [-0.4, -0.2) is 73.3 Å². The third-order valence-electron chi connectivity index (χ3n) is 9.73. The van der Waals surface area contributed by atoms with E-state index in [2.05, 4.69) is 37.3 Å². The van der Waals surface area contributed by atoms with Crippen LogP contribution in [0.4, 0.5) is 0 Å². The summed E-state index contributed by atoms with van der Waals surface area (Å²) in [6.07, 6.45) is 0. The van der Waals surface area contributed by atoms with Crippen molar-refractivity contribution in [3.63, 3.8) is 0 Å². The maximum atomic E-state index is 10.8. The molecule has 4 aromatic heterocycles. The number of carbonyl (C=O) groups excluding carboxylic acids is 1. The van der Waals surface area contributed by atoms with Gasteiger partial charge in [0.15, 0.2) is 22.6 Å². The minimum absolute atomic E-state index is 0. The molecule has 0 aliphatic carbocycles. The van der Waals surface area contributed by atoms with Crippen molar-refractivity contribution in [2.45, 2.75) is 69.2 Å². The fourth-order valence-electron chi connectivity index (χ4n) is 5.79. The van der Waals surface area contributed by atoms with Crippen molar-refractivity contribution in [3.8, 4) is 22.5 Å². The van der Waals surface area contributed by atoms with Crippen LogP contribution in [-0.2, 0) is 49.9 Å². The van der Waals surface area contributed by atoms with Gasteiger partial charge in [0.1, 0.15) is 0 Å². The van der Waals surface area contributed by atoms with E-state index in [9.17, 15) is 9.59 Å². The predicted octanol–water partition coefficient (Wildman–Crippen LogP) is 3.41. The van der Waals surface area contributed by atoms with Gasteiger partial charge in [0.05, 0.1) is 0 Å². The van der Waals surface area contributed by atoms with E-state index >= 15 is 0 Å². The van der Waals surface area contributed by atoms with E-state index in [-0.39, 0.29) is 119 Å². The van der Waals surface area contributed by atoms with Crippen LogP contribution in [0, 0.1) is 67.5 Å². The summed E-state index contributed by atoms with van der Waals surface area (Å²) < 4.78 is 16.7. The maximum Gasteiger partial charge on any atom is 1.00 e. The molecule has 8 rings (SSSR count). The molecule has 19 heteroatoms. The van der Waals surface area contributed by atoms with Crippen molar-refractivity contribution in [3.05, 3.63) is 165 Å². The number of nitrogens with zero attached hydrogens (tertiary/aromatic N) is 4. The van der Waals surface area contributed by atoms with E-state index in [1.165, 1.54) is 0 Å². The number of fused-ring (bicyclic) bond motifs is 2. The van der Waals surface area contributed by atoms with Gasteiger partial charge in [0.25, 0.3) is 6.47 Å². The minimum atomic E-state index is -0.955. The number of benzene rings is 4. The molecule has 0 spiro atoms. The van der Waals surface area contributed by atoms with E-state index < -0.39 is 11.9 Å². The number of aliphatic hydroxyl groups is 2. The number of carboxylic acid groups (broad SMARTS) is 2. The Morgan fingerprint density at radius 2 is 0.900 bits per heavy atom. The van der Waals surface area contributed by atoms with Crippen LogP contribution in [0.3, 0.4) is 0 Å². The van der Waals surface area contributed by atoms with E-state index in [4.69, 9.17) is 40.9 Å².